The summed E-state index contributed by atoms with van der Waals surface area (Å²) in [5.74, 6) is 0.0421. The van der Waals surface area contributed by atoms with E-state index in [4.69, 9.17) is 11.6 Å². The molecule has 2 aromatic rings. The quantitative estimate of drug-likeness (QED) is 0.891. The van der Waals surface area contributed by atoms with Crippen molar-refractivity contribution < 1.29 is 9.69 Å². The molecule has 1 amide bonds. The molecule has 2 aromatic carbocycles. The van der Waals surface area contributed by atoms with E-state index >= 15 is 0 Å². The molecule has 2 N–H and O–H groups in total. The number of nitrogens with zero attached hydrogens (tertiary/aromatic N) is 1. The summed E-state index contributed by atoms with van der Waals surface area (Å²) in [5, 5.41) is 3.59. The van der Waals surface area contributed by atoms with Gasteiger partial charge in [0.2, 0.25) is 0 Å². The summed E-state index contributed by atoms with van der Waals surface area (Å²) in [6, 6.07) is 17.6. The Balaban J connectivity index is 1.55. The fourth-order valence-corrected chi connectivity index (χ4v) is 3.32. The maximum Gasteiger partial charge on any atom is 0.282 e. The third kappa shape index (κ3) is 4.08. The summed E-state index contributed by atoms with van der Waals surface area (Å²) in [6.45, 7) is 5.84. The van der Waals surface area contributed by atoms with E-state index in [2.05, 4.69) is 34.5 Å². The highest BCUT2D eigenvalue weighted by molar-refractivity contribution is 6.30. The number of anilines is 2. The first kappa shape index (κ1) is 16.8. The molecule has 0 saturated carbocycles. The van der Waals surface area contributed by atoms with Gasteiger partial charge in [0.05, 0.1) is 26.2 Å². The minimum absolute atomic E-state index is 0.0421. The summed E-state index contributed by atoms with van der Waals surface area (Å²) < 4.78 is 0. The van der Waals surface area contributed by atoms with Crippen LogP contribution in [0.3, 0.4) is 0 Å². The topological polar surface area (TPSA) is 36.8 Å². The first-order chi connectivity index (χ1) is 11.6. The molecule has 1 aliphatic heterocycles. The van der Waals surface area contributed by atoms with E-state index < -0.39 is 0 Å². The van der Waals surface area contributed by atoms with Crippen molar-refractivity contribution in [2.24, 2.45) is 0 Å². The lowest BCUT2D eigenvalue weighted by atomic mass is 10.2. The van der Waals surface area contributed by atoms with E-state index in [0.29, 0.717) is 5.02 Å². The van der Waals surface area contributed by atoms with Gasteiger partial charge in [-0.25, -0.2) is 0 Å². The second-order valence-electron chi connectivity index (χ2n) is 6.20. The molecule has 1 fully saturated rings. The molecule has 1 aliphatic rings. The molecular formula is C19H23ClN3O+. The zero-order valence-corrected chi connectivity index (χ0v) is 14.6. The van der Waals surface area contributed by atoms with Crippen molar-refractivity contribution in [3.05, 3.63) is 59.6 Å². The van der Waals surface area contributed by atoms with Gasteiger partial charge in [-0.05, 0) is 37.3 Å². The smallest absolute Gasteiger partial charge is 0.282 e. The second kappa shape index (κ2) is 7.69. The molecule has 0 aliphatic carbocycles. The van der Waals surface area contributed by atoms with E-state index in [1.54, 1.807) is 12.1 Å². The van der Waals surface area contributed by atoms with Crippen LogP contribution in [0.5, 0.6) is 0 Å². The van der Waals surface area contributed by atoms with Gasteiger partial charge in [-0.15, -0.1) is 0 Å². The first-order valence-electron chi connectivity index (χ1n) is 8.34. The summed E-state index contributed by atoms with van der Waals surface area (Å²) in [7, 11) is 0. The number of hydrogen-bond acceptors (Lipinski definition) is 2. The van der Waals surface area contributed by atoms with E-state index in [1.165, 1.54) is 10.6 Å². The van der Waals surface area contributed by atoms with Gasteiger partial charge in [-0.1, -0.05) is 35.9 Å². The van der Waals surface area contributed by atoms with Crippen molar-refractivity contribution in [3.63, 3.8) is 0 Å². The first-order valence-corrected chi connectivity index (χ1v) is 8.72. The molecule has 5 heteroatoms. The van der Waals surface area contributed by atoms with Crippen molar-refractivity contribution in [1.29, 1.82) is 0 Å². The molecule has 3 rings (SSSR count). The van der Waals surface area contributed by atoms with E-state index in [1.807, 2.05) is 25.1 Å². The molecule has 1 heterocycles. The normalized spacial score (nSPS) is 16.7. The number of carbonyl (C=O) groups is 1. The molecule has 0 spiro atoms. The lowest BCUT2D eigenvalue weighted by Gasteiger charge is -2.36. The summed E-state index contributed by atoms with van der Waals surface area (Å²) in [5.41, 5.74) is 2.01. The van der Waals surface area contributed by atoms with E-state index in [0.717, 1.165) is 31.9 Å². The Kier molecular flexibility index (Phi) is 5.38. The molecule has 0 radical (unpaired) electrons. The SMILES string of the molecule is C[C@@H](C(=O)Nc1cccc(Cl)c1)[NH+]1CCN(c2ccccc2)CC1. The number of piperazine rings is 1. The van der Waals surface area contributed by atoms with Crippen LogP contribution in [0, 0.1) is 0 Å². The van der Waals surface area contributed by atoms with Crippen LogP contribution in [0.25, 0.3) is 0 Å². The number of para-hydroxylation sites is 1. The number of hydrogen-bond donors (Lipinski definition) is 2. The van der Waals surface area contributed by atoms with Crippen molar-refractivity contribution in [2.45, 2.75) is 13.0 Å². The Morgan fingerprint density at radius 3 is 2.50 bits per heavy atom. The van der Waals surface area contributed by atoms with E-state index in [-0.39, 0.29) is 11.9 Å². The van der Waals surface area contributed by atoms with Crippen LogP contribution in [-0.4, -0.2) is 38.1 Å². The third-order valence-electron chi connectivity index (χ3n) is 4.62. The molecule has 1 saturated heterocycles. The van der Waals surface area contributed by atoms with Crippen LogP contribution >= 0.6 is 11.6 Å². The predicted molar refractivity (Wildman–Crippen MR) is 98.9 cm³/mol. The van der Waals surface area contributed by atoms with Crippen LogP contribution in [0.2, 0.25) is 5.02 Å². The number of quaternary nitrogens is 1. The average Bonchev–Trinajstić information content (AvgIpc) is 2.62. The van der Waals surface area contributed by atoms with Crippen molar-refractivity contribution in [2.75, 3.05) is 36.4 Å². The second-order valence-corrected chi connectivity index (χ2v) is 6.64. The largest absolute Gasteiger partial charge is 0.360 e. The van der Waals surface area contributed by atoms with Gasteiger partial charge in [0.15, 0.2) is 6.04 Å². The highest BCUT2D eigenvalue weighted by Gasteiger charge is 2.29. The highest BCUT2D eigenvalue weighted by Crippen LogP contribution is 2.15. The molecule has 0 aromatic heterocycles. The zero-order valence-electron chi connectivity index (χ0n) is 13.8. The Morgan fingerprint density at radius 2 is 1.83 bits per heavy atom. The van der Waals surface area contributed by atoms with Crippen LogP contribution in [0.4, 0.5) is 11.4 Å². The molecular weight excluding hydrogens is 322 g/mol. The molecule has 0 unspecified atom stereocenters. The van der Waals surface area contributed by atoms with Crippen LogP contribution in [0.1, 0.15) is 6.92 Å². The lowest BCUT2D eigenvalue weighted by Crippen LogP contribution is -3.19. The maximum atomic E-state index is 12.5. The van der Waals surface area contributed by atoms with E-state index in [9.17, 15) is 4.79 Å². The molecule has 126 valence electrons. The summed E-state index contributed by atoms with van der Waals surface area (Å²) in [4.78, 5) is 16.2. The van der Waals surface area contributed by atoms with Gasteiger partial charge < -0.3 is 15.1 Å². The van der Waals surface area contributed by atoms with Gasteiger partial charge in [0.25, 0.3) is 5.91 Å². The van der Waals surface area contributed by atoms with Crippen LogP contribution in [0.15, 0.2) is 54.6 Å². The maximum absolute atomic E-state index is 12.5. The molecule has 24 heavy (non-hydrogen) atoms. The van der Waals surface area contributed by atoms with Gasteiger partial charge >= 0.3 is 0 Å². The minimum atomic E-state index is -0.0816. The Morgan fingerprint density at radius 1 is 1.12 bits per heavy atom. The number of rotatable bonds is 4. The average molecular weight is 345 g/mol. The summed E-state index contributed by atoms with van der Waals surface area (Å²) >= 11 is 5.97. The number of nitrogens with one attached hydrogen (secondary N) is 2. The highest BCUT2D eigenvalue weighted by atomic mass is 35.5. The van der Waals surface area contributed by atoms with Crippen molar-refractivity contribution in [1.82, 2.24) is 0 Å². The fourth-order valence-electron chi connectivity index (χ4n) is 3.13. The van der Waals surface area contributed by atoms with Crippen LogP contribution < -0.4 is 15.1 Å². The number of benzene rings is 2. The van der Waals surface area contributed by atoms with Gasteiger partial charge in [-0.2, -0.15) is 0 Å². The molecule has 4 nitrogen and oxygen atoms in total. The summed E-state index contributed by atoms with van der Waals surface area (Å²) in [6.07, 6.45) is 0. The Labute approximate surface area is 148 Å². The minimum Gasteiger partial charge on any atom is -0.360 e. The fraction of sp³-hybridized carbons (Fsp3) is 0.316. The third-order valence-corrected chi connectivity index (χ3v) is 4.86. The standard InChI is InChI=1S/C19H22ClN3O/c1-15(19(24)21-17-7-5-6-16(20)14-17)22-10-12-23(13-11-22)18-8-3-2-4-9-18/h2-9,14-15H,10-13H2,1H3,(H,21,24)/p+1/t15-/m0/s1. The van der Waals surface area contributed by atoms with Gasteiger partial charge in [0.1, 0.15) is 0 Å². The number of amides is 1. The Hall–Kier alpha value is -2.04. The Bertz CT molecular complexity index is 684. The number of carbonyl (C=O) groups excluding carboxylic acids is 1. The number of halogens is 1. The lowest BCUT2D eigenvalue weighted by molar-refractivity contribution is -0.914. The predicted octanol–water partition coefficient (Wildman–Crippen LogP) is 2.07. The monoisotopic (exact) mass is 344 g/mol. The molecule has 1 atom stereocenters. The van der Waals surface area contributed by atoms with Crippen molar-refractivity contribution in [3.8, 4) is 0 Å². The van der Waals surface area contributed by atoms with Gasteiger partial charge in [-0.3, -0.25) is 4.79 Å². The zero-order chi connectivity index (χ0) is 16.9. The van der Waals surface area contributed by atoms with Crippen LogP contribution in [-0.2, 0) is 4.79 Å². The van der Waals surface area contributed by atoms with Crippen molar-refractivity contribution >= 4 is 28.9 Å². The molecule has 0 bridgehead atoms. The van der Waals surface area contributed by atoms with Gasteiger partial charge in [0, 0.05) is 16.4 Å².